The second-order valence-electron chi connectivity index (χ2n) is 3.97. The molecule has 0 aliphatic heterocycles. The largest absolute Gasteiger partial charge is 0.369 e. The molecule has 2 atom stereocenters. The second kappa shape index (κ2) is 3.76. The maximum absolute atomic E-state index is 11.3. The zero-order valence-electron chi connectivity index (χ0n) is 8.72. The van der Waals surface area contributed by atoms with Crippen molar-refractivity contribution in [1.29, 1.82) is 10.5 Å². The van der Waals surface area contributed by atoms with Crippen LogP contribution < -0.4 is 5.73 Å². The third-order valence-electron chi connectivity index (χ3n) is 3.12. The number of amides is 1. The molecule has 1 aliphatic carbocycles. The number of nitrogens with zero attached hydrogens (tertiary/aromatic N) is 2. The summed E-state index contributed by atoms with van der Waals surface area (Å²) in [7, 11) is 0. The van der Waals surface area contributed by atoms with Crippen LogP contribution in [-0.2, 0) is 4.79 Å². The quantitative estimate of drug-likeness (QED) is 0.857. The van der Waals surface area contributed by atoms with Crippen LogP contribution in [0.4, 0.5) is 0 Å². The Bertz CT molecular complexity index is 556. The van der Waals surface area contributed by atoms with E-state index in [2.05, 4.69) is 0 Å². The standard InChI is InChI=1S/C12H8ClN3O/c13-8-4-2-1-3-7(8)9-10(11(16)17)12(9,5-14)6-15/h1-4,9-10H,(H2,16,17)/t9-,10+/m1/s1. The fourth-order valence-electron chi connectivity index (χ4n) is 2.23. The second-order valence-corrected chi connectivity index (χ2v) is 4.38. The first-order valence-corrected chi connectivity index (χ1v) is 5.32. The van der Waals surface area contributed by atoms with Gasteiger partial charge >= 0.3 is 0 Å². The molecule has 2 N–H and O–H groups in total. The molecule has 17 heavy (non-hydrogen) atoms. The molecule has 0 spiro atoms. The number of rotatable bonds is 2. The third-order valence-corrected chi connectivity index (χ3v) is 3.47. The molecule has 5 heteroatoms. The number of hydrogen-bond acceptors (Lipinski definition) is 3. The fraction of sp³-hybridized carbons (Fsp3) is 0.250. The Labute approximate surface area is 103 Å². The molecule has 1 aliphatic rings. The highest BCUT2D eigenvalue weighted by Crippen LogP contribution is 2.64. The van der Waals surface area contributed by atoms with E-state index in [0.717, 1.165) is 0 Å². The molecule has 84 valence electrons. The van der Waals surface area contributed by atoms with E-state index in [1.807, 2.05) is 12.1 Å². The van der Waals surface area contributed by atoms with Gasteiger partial charge in [0.2, 0.25) is 5.91 Å². The molecule has 0 unspecified atom stereocenters. The number of carbonyl (C=O) groups is 1. The lowest BCUT2D eigenvalue weighted by Gasteiger charge is -2.01. The summed E-state index contributed by atoms with van der Waals surface area (Å²) < 4.78 is 0. The van der Waals surface area contributed by atoms with Crippen LogP contribution in [0.2, 0.25) is 5.02 Å². The van der Waals surface area contributed by atoms with Crippen LogP contribution in [0.1, 0.15) is 11.5 Å². The van der Waals surface area contributed by atoms with Gasteiger partial charge < -0.3 is 5.73 Å². The smallest absolute Gasteiger partial charge is 0.223 e. The van der Waals surface area contributed by atoms with E-state index >= 15 is 0 Å². The average molecular weight is 246 g/mol. The molecule has 0 saturated heterocycles. The summed E-state index contributed by atoms with van der Waals surface area (Å²) in [4.78, 5) is 11.3. The van der Waals surface area contributed by atoms with E-state index < -0.39 is 23.2 Å². The predicted molar refractivity (Wildman–Crippen MR) is 60.5 cm³/mol. The van der Waals surface area contributed by atoms with E-state index in [4.69, 9.17) is 27.9 Å². The van der Waals surface area contributed by atoms with Gasteiger partial charge in [0.05, 0.1) is 18.1 Å². The van der Waals surface area contributed by atoms with Gasteiger partial charge in [0, 0.05) is 10.9 Å². The SMILES string of the molecule is N#CC1(C#N)[C@H](C(N)=O)[C@H]1c1ccccc1Cl. The highest BCUT2D eigenvalue weighted by Gasteiger charge is 2.70. The Kier molecular flexibility index (Phi) is 2.53. The maximum atomic E-state index is 11.3. The Balaban J connectivity index is 2.50. The van der Waals surface area contributed by atoms with Crippen LogP contribution in [0.25, 0.3) is 0 Å². The van der Waals surface area contributed by atoms with Gasteiger partial charge in [0.1, 0.15) is 0 Å². The molecule has 1 aromatic carbocycles. The monoisotopic (exact) mass is 245 g/mol. The lowest BCUT2D eigenvalue weighted by Crippen LogP contribution is -2.17. The minimum Gasteiger partial charge on any atom is -0.369 e. The van der Waals surface area contributed by atoms with Crippen LogP contribution in [0.15, 0.2) is 24.3 Å². The van der Waals surface area contributed by atoms with Gasteiger partial charge in [0.15, 0.2) is 5.41 Å². The number of nitriles is 2. The van der Waals surface area contributed by atoms with Crippen molar-refractivity contribution < 1.29 is 4.79 Å². The highest BCUT2D eigenvalue weighted by molar-refractivity contribution is 6.31. The number of nitrogens with two attached hydrogens (primary N) is 1. The Morgan fingerprint density at radius 2 is 1.94 bits per heavy atom. The number of benzene rings is 1. The average Bonchev–Trinajstić information content (AvgIpc) is 2.99. The van der Waals surface area contributed by atoms with Crippen LogP contribution in [0.5, 0.6) is 0 Å². The van der Waals surface area contributed by atoms with Crippen LogP contribution >= 0.6 is 11.6 Å². The summed E-state index contributed by atoms with van der Waals surface area (Å²) in [5, 5.41) is 18.6. The Morgan fingerprint density at radius 1 is 1.35 bits per heavy atom. The van der Waals surface area contributed by atoms with Crippen molar-refractivity contribution in [3.8, 4) is 12.1 Å². The lowest BCUT2D eigenvalue weighted by atomic mass is 10.0. The van der Waals surface area contributed by atoms with Crippen molar-refractivity contribution in [2.45, 2.75) is 5.92 Å². The first-order chi connectivity index (χ1) is 8.08. The number of carbonyl (C=O) groups excluding carboxylic acids is 1. The molecule has 1 saturated carbocycles. The number of hydrogen-bond donors (Lipinski definition) is 1. The van der Waals surface area contributed by atoms with E-state index in [0.29, 0.717) is 10.6 Å². The third kappa shape index (κ3) is 1.46. The summed E-state index contributed by atoms with van der Waals surface area (Å²) in [6.07, 6.45) is 0. The predicted octanol–water partition coefficient (Wildman–Crippen LogP) is 1.57. The summed E-state index contributed by atoms with van der Waals surface area (Å²) in [6.45, 7) is 0. The van der Waals surface area contributed by atoms with E-state index in [-0.39, 0.29) is 0 Å². The van der Waals surface area contributed by atoms with E-state index in [9.17, 15) is 4.79 Å². The van der Waals surface area contributed by atoms with Crippen molar-refractivity contribution in [1.82, 2.24) is 0 Å². The topological polar surface area (TPSA) is 90.7 Å². The summed E-state index contributed by atoms with van der Waals surface area (Å²) >= 11 is 6.00. The lowest BCUT2D eigenvalue weighted by molar-refractivity contribution is -0.119. The van der Waals surface area contributed by atoms with Gasteiger partial charge in [-0.2, -0.15) is 10.5 Å². The first-order valence-electron chi connectivity index (χ1n) is 4.94. The van der Waals surface area contributed by atoms with Gasteiger partial charge in [-0.25, -0.2) is 0 Å². The van der Waals surface area contributed by atoms with Crippen LogP contribution in [-0.4, -0.2) is 5.91 Å². The molecule has 1 aromatic rings. The maximum Gasteiger partial charge on any atom is 0.223 e. The van der Waals surface area contributed by atoms with Crippen LogP contribution in [0, 0.1) is 34.0 Å². The zero-order valence-corrected chi connectivity index (χ0v) is 9.48. The molecule has 2 rings (SSSR count). The Hall–Kier alpha value is -2.04. The summed E-state index contributed by atoms with van der Waals surface area (Å²) in [5.74, 6) is -1.95. The Morgan fingerprint density at radius 3 is 2.35 bits per heavy atom. The molecular weight excluding hydrogens is 238 g/mol. The molecule has 0 bridgehead atoms. The van der Waals surface area contributed by atoms with E-state index in [1.165, 1.54) is 0 Å². The van der Waals surface area contributed by atoms with Crippen molar-refractivity contribution >= 4 is 17.5 Å². The molecule has 1 amide bonds. The van der Waals surface area contributed by atoms with Gasteiger partial charge in [-0.1, -0.05) is 29.8 Å². The normalized spacial score (nSPS) is 24.4. The zero-order chi connectivity index (χ0) is 12.6. The molecule has 1 fully saturated rings. The van der Waals surface area contributed by atoms with Crippen molar-refractivity contribution in [3.63, 3.8) is 0 Å². The van der Waals surface area contributed by atoms with Gasteiger partial charge in [-0.3, -0.25) is 4.79 Å². The van der Waals surface area contributed by atoms with Crippen molar-refractivity contribution in [3.05, 3.63) is 34.9 Å². The molecule has 0 radical (unpaired) electrons. The number of halogens is 1. The summed E-state index contributed by atoms with van der Waals surface area (Å²) in [6, 6.07) is 10.6. The molecule has 0 heterocycles. The van der Waals surface area contributed by atoms with Gasteiger partial charge in [-0.15, -0.1) is 0 Å². The van der Waals surface area contributed by atoms with Gasteiger partial charge in [-0.05, 0) is 11.6 Å². The van der Waals surface area contributed by atoms with Crippen molar-refractivity contribution in [2.75, 3.05) is 0 Å². The molecule has 4 nitrogen and oxygen atoms in total. The first kappa shape index (κ1) is 11.4. The van der Waals surface area contributed by atoms with Crippen LogP contribution in [0.3, 0.4) is 0 Å². The molecular formula is C12H8ClN3O. The highest BCUT2D eigenvalue weighted by atomic mass is 35.5. The minimum atomic E-state index is -1.36. The van der Waals surface area contributed by atoms with Crippen molar-refractivity contribution in [2.24, 2.45) is 17.1 Å². The number of primary amides is 1. The fourth-order valence-corrected chi connectivity index (χ4v) is 2.49. The minimum absolute atomic E-state index is 0.441. The molecule has 0 aromatic heterocycles. The summed E-state index contributed by atoms with van der Waals surface area (Å²) in [5.41, 5.74) is 4.48. The van der Waals surface area contributed by atoms with Gasteiger partial charge in [0.25, 0.3) is 0 Å². The van der Waals surface area contributed by atoms with E-state index in [1.54, 1.807) is 24.3 Å².